The lowest BCUT2D eigenvalue weighted by molar-refractivity contribution is -0.182. The van der Waals surface area contributed by atoms with Crippen LogP contribution in [0.25, 0.3) is 0 Å². The summed E-state index contributed by atoms with van der Waals surface area (Å²) < 4.78 is 48.3. The van der Waals surface area contributed by atoms with E-state index in [4.69, 9.17) is 0 Å². The number of hydrogen-bond acceptors (Lipinski definition) is 2. The zero-order chi connectivity index (χ0) is 13.1. The summed E-state index contributed by atoms with van der Waals surface area (Å²) in [6.45, 7) is 1.93. The maximum absolute atomic E-state index is 12.4. The third kappa shape index (κ3) is 5.38. The Hall–Kier alpha value is -0.100. The second-order valence-corrected chi connectivity index (χ2v) is 6.38. The van der Waals surface area contributed by atoms with Crippen LogP contribution < -0.4 is 5.32 Å². The van der Waals surface area contributed by atoms with Gasteiger partial charge in [0.25, 0.3) is 0 Å². The van der Waals surface area contributed by atoms with Crippen LogP contribution in [0, 0.1) is 5.92 Å². The summed E-state index contributed by atoms with van der Waals surface area (Å²) in [7, 11) is -0.864. The quantitative estimate of drug-likeness (QED) is 0.851. The molecule has 0 radical (unpaired) electrons. The van der Waals surface area contributed by atoms with E-state index in [-0.39, 0.29) is 24.9 Å². The molecule has 2 unspecified atom stereocenters. The number of hydrogen-bond donors (Lipinski definition) is 1. The van der Waals surface area contributed by atoms with Crippen LogP contribution in [0.2, 0.25) is 0 Å². The molecule has 1 saturated carbocycles. The zero-order valence-corrected chi connectivity index (χ0v) is 11.0. The van der Waals surface area contributed by atoms with Crippen molar-refractivity contribution in [1.29, 1.82) is 0 Å². The lowest BCUT2D eigenvalue weighted by atomic mass is 9.85. The molecule has 1 aliphatic carbocycles. The molecular weight excluding hydrogens is 251 g/mol. The van der Waals surface area contributed by atoms with Crippen LogP contribution in [0.5, 0.6) is 0 Å². The molecule has 0 saturated heterocycles. The van der Waals surface area contributed by atoms with Crippen molar-refractivity contribution < 1.29 is 17.4 Å². The molecule has 2 nitrogen and oxygen atoms in total. The third-order valence-electron chi connectivity index (χ3n) is 3.20. The van der Waals surface area contributed by atoms with E-state index in [2.05, 4.69) is 5.32 Å². The molecule has 0 bridgehead atoms. The van der Waals surface area contributed by atoms with Gasteiger partial charge in [-0.15, -0.1) is 0 Å². The van der Waals surface area contributed by atoms with Crippen LogP contribution in [0.3, 0.4) is 0 Å². The van der Waals surface area contributed by atoms with Gasteiger partial charge in [-0.05, 0) is 32.6 Å². The zero-order valence-electron chi connectivity index (χ0n) is 10.2. The van der Waals surface area contributed by atoms with Crippen molar-refractivity contribution in [3.8, 4) is 0 Å². The normalized spacial score (nSPS) is 29.9. The molecule has 1 rings (SSSR count). The molecule has 17 heavy (non-hydrogen) atoms. The second-order valence-electron chi connectivity index (χ2n) is 4.90. The fraction of sp³-hybridized carbons (Fsp3) is 1.00. The lowest BCUT2D eigenvalue weighted by Gasteiger charge is -2.32. The van der Waals surface area contributed by atoms with Gasteiger partial charge in [0.05, 0.1) is 5.92 Å². The number of halogens is 3. The largest absolute Gasteiger partial charge is 0.391 e. The standard InChI is InChI=1S/C11H20F3NOS/c1-8(7-17(2)16)15-10-5-3-9(4-6-10)11(12,13)14/h8-10,15H,3-7H2,1-2H3. The molecule has 0 aliphatic heterocycles. The van der Waals surface area contributed by atoms with Gasteiger partial charge in [0.15, 0.2) is 0 Å². The fourth-order valence-corrected chi connectivity index (χ4v) is 3.19. The predicted molar refractivity (Wildman–Crippen MR) is 63.3 cm³/mol. The van der Waals surface area contributed by atoms with E-state index in [1.165, 1.54) is 0 Å². The van der Waals surface area contributed by atoms with Crippen molar-refractivity contribution in [1.82, 2.24) is 5.32 Å². The predicted octanol–water partition coefficient (Wildman–Crippen LogP) is 2.46. The summed E-state index contributed by atoms with van der Waals surface area (Å²) in [4.78, 5) is 0. The molecule has 0 spiro atoms. The molecule has 6 heteroatoms. The molecule has 0 amide bonds. The Morgan fingerprint density at radius 2 is 1.82 bits per heavy atom. The lowest BCUT2D eigenvalue weighted by Crippen LogP contribution is -2.43. The summed E-state index contributed by atoms with van der Waals surface area (Å²) in [5.74, 6) is -0.574. The highest BCUT2D eigenvalue weighted by molar-refractivity contribution is 7.84. The van der Waals surface area contributed by atoms with E-state index in [9.17, 15) is 17.4 Å². The molecule has 0 aromatic rings. The van der Waals surface area contributed by atoms with Crippen LogP contribution in [-0.2, 0) is 10.8 Å². The Balaban J connectivity index is 2.30. The van der Waals surface area contributed by atoms with Gasteiger partial charge in [-0.2, -0.15) is 13.2 Å². The fourth-order valence-electron chi connectivity index (χ4n) is 2.39. The summed E-state index contributed by atoms with van der Waals surface area (Å²) in [5.41, 5.74) is 0. The first-order valence-corrected chi connectivity index (χ1v) is 7.64. The third-order valence-corrected chi connectivity index (χ3v) is 4.16. The highest BCUT2D eigenvalue weighted by atomic mass is 32.2. The smallest absolute Gasteiger partial charge is 0.311 e. The van der Waals surface area contributed by atoms with Crippen molar-refractivity contribution in [2.75, 3.05) is 12.0 Å². The highest BCUT2D eigenvalue weighted by Crippen LogP contribution is 2.37. The van der Waals surface area contributed by atoms with E-state index in [1.807, 2.05) is 6.92 Å². The molecule has 102 valence electrons. The van der Waals surface area contributed by atoms with Crippen LogP contribution in [0.15, 0.2) is 0 Å². The SMILES string of the molecule is CC(CS(C)=O)NC1CCC(C(F)(F)F)CC1. The molecule has 0 aromatic heterocycles. The Morgan fingerprint density at radius 1 is 1.29 bits per heavy atom. The van der Waals surface area contributed by atoms with E-state index in [0.717, 1.165) is 0 Å². The Bertz CT molecular complexity index is 262. The molecule has 0 aromatic carbocycles. The number of rotatable bonds is 4. The molecular formula is C11H20F3NOS. The highest BCUT2D eigenvalue weighted by Gasteiger charge is 2.41. The van der Waals surface area contributed by atoms with Crippen LogP contribution in [0.4, 0.5) is 13.2 Å². The summed E-state index contributed by atoms with van der Waals surface area (Å²) in [6.07, 6.45) is -0.859. The van der Waals surface area contributed by atoms with Gasteiger partial charge in [0.2, 0.25) is 0 Å². The van der Waals surface area contributed by atoms with Gasteiger partial charge in [0.1, 0.15) is 0 Å². The molecule has 1 fully saturated rings. The maximum Gasteiger partial charge on any atom is 0.391 e. The Labute approximate surface area is 103 Å². The Kier molecular flexibility index (Phi) is 5.44. The minimum absolute atomic E-state index is 0.105. The van der Waals surface area contributed by atoms with Gasteiger partial charge < -0.3 is 5.32 Å². The monoisotopic (exact) mass is 271 g/mol. The average molecular weight is 271 g/mol. The molecule has 2 atom stereocenters. The minimum Gasteiger partial charge on any atom is -0.311 e. The number of nitrogens with one attached hydrogen (secondary N) is 1. The Morgan fingerprint density at radius 3 is 2.24 bits per heavy atom. The van der Waals surface area contributed by atoms with Gasteiger partial charge in [-0.3, -0.25) is 4.21 Å². The van der Waals surface area contributed by atoms with Crippen LogP contribution >= 0.6 is 0 Å². The first-order valence-electron chi connectivity index (χ1n) is 5.92. The average Bonchev–Trinajstić information content (AvgIpc) is 2.15. The minimum atomic E-state index is -4.04. The first-order chi connectivity index (χ1) is 7.79. The van der Waals surface area contributed by atoms with E-state index >= 15 is 0 Å². The second kappa shape index (κ2) is 6.18. The van der Waals surface area contributed by atoms with Crippen LogP contribution in [0.1, 0.15) is 32.6 Å². The molecule has 0 heterocycles. The van der Waals surface area contributed by atoms with Crippen LogP contribution in [-0.4, -0.2) is 34.5 Å². The first kappa shape index (κ1) is 15.0. The van der Waals surface area contributed by atoms with E-state index in [1.54, 1.807) is 6.26 Å². The maximum atomic E-state index is 12.4. The van der Waals surface area contributed by atoms with Crippen molar-refractivity contribution in [3.63, 3.8) is 0 Å². The van der Waals surface area contributed by atoms with E-state index < -0.39 is 22.9 Å². The van der Waals surface area contributed by atoms with Crippen molar-refractivity contribution >= 4 is 10.8 Å². The van der Waals surface area contributed by atoms with Crippen molar-refractivity contribution in [2.24, 2.45) is 5.92 Å². The summed E-state index contributed by atoms with van der Waals surface area (Å²) >= 11 is 0. The van der Waals surface area contributed by atoms with E-state index in [0.29, 0.717) is 18.6 Å². The van der Waals surface area contributed by atoms with Gasteiger partial charge in [-0.1, -0.05) is 0 Å². The topological polar surface area (TPSA) is 29.1 Å². The molecule has 1 aliphatic rings. The summed E-state index contributed by atoms with van der Waals surface area (Å²) in [6, 6.07) is 0.250. The van der Waals surface area contributed by atoms with Crippen molar-refractivity contribution in [3.05, 3.63) is 0 Å². The van der Waals surface area contributed by atoms with Gasteiger partial charge in [0, 0.05) is 34.9 Å². The van der Waals surface area contributed by atoms with Crippen molar-refractivity contribution in [2.45, 2.75) is 50.9 Å². The van der Waals surface area contributed by atoms with Gasteiger partial charge >= 0.3 is 6.18 Å². The molecule has 1 N–H and O–H groups in total. The number of alkyl halides is 3. The summed E-state index contributed by atoms with van der Waals surface area (Å²) in [5, 5.41) is 3.26. The van der Waals surface area contributed by atoms with Gasteiger partial charge in [-0.25, -0.2) is 0 Å².